The molecule has 1 aromatic heterocycles. The molecule has 5 nitrogen and oxygen atoms in total. The summed E-state index contributed by atoms with van der Waals surface area (Å²) in [5.41, 5.74) is 3.18. The van der Waals surface area contributed by atoms with Gasteiger partial charge >= 0.3 is 0 Å². The predicted octanol–water partition coefficient (Wildman–Crippen LogP) is 4.24. The van der Waals surface area contributed by atoms with Crippen LogP contribution in [0.4, 0.5) is 4.39 Å². The molecule has 0 N–H and O–H groups in total. The van der Waals surface area contributed by atoms with E-state index in [1.165, 1.54) is 12.1 Å². The third-order valence-corrected chi connectivity index (χ3v) is 5.50. The molecule has 3 aromatic rings. The molecule has 0 saturated carbocycles. The van der Waals surface area contributed by atoms with Gasteiger partial charge in [-0.3, -0.25) is 14.8 Å². The SMILES string of the molecule is COc1ccc(CC(=O)N2CCC[C@@H](c3nccnc3-c3cccc(F)c3)C2)cc1. The van der Waals surface area contributed by atoms with Crippen LogP contribution in [0.1, 0.15) is 30.0 Å². The number of likely N-dealkylation sites (tertiary alicyclic amines) is 1. The summed E-state index contributed by atoms with van der Waals surface area (Å²) in [6.07, 6.45) is 5.47. The lowest BCUT2D eigenvalue weighted by atomic mass is 9.91. The Morgan fingerprint density at radius 2 is 1.97 bits per heavy atom. The number of piperidine rings is 1. The summed E-state index contributed by atoms with van der Waals surface area (Å²) in [6.45, 7) is 1.33. The number of amides is 1. The predicted molar refractivity (Wildman–Crippen MR) is 113 cm³/mol. The van der Waals surface area contributed by atoms with Crippen molar-refractivity contribution in [2.24, 2.45) is 0 Å². The molecule has 154 valence electrons. The van der Waals surface area contributed by atoms with Crippen molar-refractivity contribution in [1.29, 1.82) is 0 Å². The molecule has 1 aliphatic heterocycles. The number of rotatable bonds is 5. The molecule has 4 rings (SSSR count). The third-order valence-electron chi connectivity index (χ3n) is 5.50. The van der Waals surface area contributed by atoms with Crippen LogP contribution in [-0.4, -0.2) is 41.0 Å². The number of carbonyl (C=O) groups excluding carboxylic acids is 1. The van der Waals surface area contributed by atoms with E-state index < -0.39 is 0 Å². The molecular weight excluding hydrogens is 381 g/mol. The minimum Gasteiger partial charge on any atom is -0.497 e. The highest BCUT2D eigenvalue weighted by atomic mass is 19.1. The number of benzene rings is 2. The Morgan fingerprint density at radius 1 is 1.17 bits per heavy atom. The lowest BCUT2D eigenvalue weighted by Gasteiger charge is -2.33. The molecule has 0 radical (unpaired) electrons. The largest absolute Gasteiger partial charge is 0.497 e. The number of ether oxygens (including phenoxy) is 1. The van der Waals surface area contributed by atoms with Crippen molar-refractivity contribution in [3.8, 4) is 17.0 Å². The molecule has 1 saturated heterocycles. The molecule has 0 spiro atoms. The van der Waals surface area contributed by atoms with Gasteiger partial charge in [0.25, 0.3) is 0 Å². The van der Waals surface area contributed by atoms with Gasteiger partial charge in [-0.05, 0) is 42.7 Å². The average Bonchev–Trinajstić information content (AvgIpc) is 2.79. The highest BCUT2D eigenvalue weighted by Crippen LogP contribution is 2.32. The first kappa shape index (κ1) is 20.0. The molecule has 0 unspecified atom stereocenters. The standard InChI is InChI=1S/C24H24FN3O2/c1-30-21-9-7-17(8-10-21)14-22(29)28-13-3-5-19(16-28)24-23(26-11-12-27-24)18-4-2-6-20(25)15-18/h2,4,6-12,15,19H,3,5,13-14,16H2,1H3/t19-/m1/s1. The van der Waals surface area contributed by atoms with Gasteiger partial charge in [0, 0.05) is 37.0 Å². The lowest BCUT2D eigenvalue weighted by Crippen LogP contribution is -2.40. The van der Waals surface area contributed by atoms with Crippen LogP contribution in [0.2, 0.25) is 0 Å². The molecule has 30 heavy (non-hydrogen) atoms. The van der Waals surface area contributed by atoms with Crippen LogP contribution in [0.15, 0.2) is 60.9 Å². The van der Waals surface area contributed by atoms with Crippen LogP contribution in [0.3, 0.4) is 0 Å². The summed E-state index contributed by atoms with van der Waals surface area (Å²) in [5.74, 6) is 0.646. The first-order valence-corrected chi connectivity index (χ1v) is 10.1. The van der Waals surface area contributed by atoms with Crippen LogP contribution in [-0.2, 0) is 11.2 Å². The second-order valence-corrected chi connectivity index (χ2v) is 7.50. The number of hydrogen-bond acceptors (Lipinski definition) is 4. The van der Waals surface area contributed by atoms with Crippen molar-refractivity contribution in [2.45, 2.75) is 25.2 Å². The topological polar surface area (TPSA) is 55.3 Å². The second-order valence-electron chi connectivity index (χ2n) is 7.50. The van der Waals surface area contributed by atoms with E-state index in [2.05, 4.69) is 9.97 Å². The van der Waals surface area contributed by atoms with E-state index in [-0.39, 0.29) is 17.6 Å². The van der Waals surface area contributed by atoms with E-state index >= 15 is 0 Å². The summed E-state index contributed by atoms with van der Waals surface area (Å²) in [7, 11) is 1.62. The average molecular weight is 405 g/mol. The molecular formula is C24H24FN3O2. The zero-order chi connectivity index (χ0) is 20.9. The maximum atomic E-state index is 13.7. The molecule has 2 aromatic carbocycles. The molecule has 2 heterocycles. The molecule has 6 heteroatoms. The number of nitrogens with zero attached hydrogens (tertiary/aromatic N) is 3. The quantitative estimate of drug-likeness (QED) is 0.637. The van der Waals surface area contributed by atoms with Crippen molar-refractivity contribution < 1.29 is 13.9 Å². The van der Waals surface area contributed by atoms with E-state index in [4.69, 9.17) is 4.74 Å². The highest BCUT2D eigenvalue weighted by molar-refractivity contribution is 5.79. The Balaban J connectivity index is 1.51. The Hall–Kier alpha value is -3.28. The van der Waals surface area contributed by atoms with Crippen LogP contribution in [0.5, 0.6) is 5.75 Å². The van der Waals surface area contributed by atoms with Crippen molar-refractivity contribution in [3.63, 3.8) is 0 Å². The second kappa shape index (κ2) is 9.03. The summed E-state index contributed by atoms with van der Waals surface area (Å²) in [5, 5.41) is 0. The Labute approximate surface area is 175 Å². The molecule has 1 atom stereocenters. The maximum Gasteiger partial charge on any atom is 0.227 e. The number of aromatic nitrogens is 2. The van der Waals surface area contributed by atoms with Crippen LogP contribution in [0.25, 0.3) is 11.3 Å². The van der Waals surface area contributed by atoms with E-state index in [9.17, 15) is 9.18 Å². The van der Waals surface area contributed by atoms with Crippen LogP contribution in [0, 0.1) is 5.82 Å². The van der Waals surface area contributed by atoms with Gasteiger partial charge in [-0.15, -0.1) is 0 Å². The molecule has 1 amide bonds. The fraction of sp³-hybridized carbons (Fsp3) is 0.292. The zero-order valence-corrected chi connectivity index (χ0v) is 16.9. The maximum absolute atomic E-state index is 13.7. The van der Waals surface area contributed by atoms with E-state index in [0.29, 0.717) is 24.2 Å². The van der Waals surface area contributed by atoms with E-state index in [1.807, 2.05) is 35.2 Å². The Kier molecular flexibility index (Phi) is 6.02. The highest BCUT2D eigenvalue weighted by Gasteiger charge is 2.28. The minimum absolute atomic E-state index is 0.0746. The normalized spacial score (nSPS) is 16.3. The van der Waals surface area contributed by atoms with Gasteiger partial charge in [-0.25, -0.2) is 4.39 Å². The summed E-state index contributed by atoms with van der Waals surface area (Å²) in [6, 6.07) is 14.0. The molecule has 1 fully saturated rings. The third kappa shape index (κ3) is 4.48. The lowest BCUT2D eigenvalue weighted by molar-refractivity contribution is -0.131. The number of carbonyl (C=O) groups is 1. The summed E-state index contributed by atoms with van der Waals surface area (Å²) in [4.78, 5) is 23.9. The number of hydrogen-bond donors (Lipinski definition) is 0. The van der Waals surface area contributed by atoms with Gasteiger partial charge in [0.05, 0.1) is 24.9 Å². The molecule has 0 aliphatic carbocycles. The zero-order valence-electron chi connectivity index (χ0n) is 16.9. The van der Waals surface area contributed by atoms with Gasteiger partial charge in [-0.2, -0.15) is 0 Å². The van der Waals surface area contributed by atoms with Gasteiger partial charge in [0.2, 0.25) is 5.91 Å². The monoisotopic (exact) mass is 405 g/mol. The van der Waals surface area contributed by atoms with Crippen molar-refractivity contribution >= 4 is 5.91 Å². The Bertz CT molecular complexity index is 1020. The van der Waals surface area contributed by atoms with Crippen LogP contribution >= 0.6 is 0 Å². The van der Waals surface area contributed by atoms with Gasteiger partial charge in [0.1, 0.15) is 11.6 Å². The fourth-order valence-corrected chi connectivity index (χ4v) is 3.96. The van der Waals surface area contributed by atoms with E-state index in [0.717, 1.165) is 36.4 Å². The summed E-state index contributed by atoms with van der Waals surface area (Å²) >= 11 is 0. The fourth-order valence-electron chi connectivity index (χ4n) is 3.96. The van der Waals surface area contributed by atoms with Crippen molar-refractivity contribution in [3.05, 3.63) is 78.0 Å². The summed E-state index contributed by atoms with van der Waals surface area (Å²) < 4.78 is 18.9. The smallest absolute Gasteiger partial charge is 0.227 e. The molecule has 0 bridgehead atoms. The molecule has 1 aliphatic rings. The number of halogens is 1. The Morgan fingerprint density at radius 3 is 2.73 bits per heavy atom. The van der Waals surface area contributed by atoms with Gasteiger partial charge < -0.3 is 9.64 Å². The van der Waals surface area contributed by atoms with Crippen LogP contribution < -0.4 is 4.74 Å². The van der Waals surface area contributed by atoms with Gasteiger partial charge in [-0.1, -0.05) is 24.3 Å². The van der Waals surface area contributed by atoms with Crippen molar-refractivity contribution in [2.75, 3.05) is 20.2 Å². The minimum atomic E-state index is -0.302. The van der Waals surface area contributed by atoms with E-state index in [1.54, 1.807) is 25.6 Å². The first-order valence-electron chi connectivity index (χ1n) is 10.1. The first-order chi connectivity index (χ1) is 14.6. The van der Waals surface area contributed by atoms with Gasteiger partial charge in [0.15, 0.2) is 0 Å². The number of methoxy groups -OCH3 is 1. The van der Waals surface area contributed by atoms with Crippen molar-refractivity contribution in [1.82, 2.24) is 14.9 Å².